The number of ketones is 1. The molecule has 1 aliphatic heterocycles. The van der Waals surface area contributed by atoms with Crippen LogP contribution in [0.5, 0.6) is 0 Å². The van der Waals surface area contributed by atoms with Crippen molar-refractivity contribution in [1.82, 2.24) is 4.98 Å². The summed E-state index contributed by atoms with van der Waals surface area (Å²) in [6, 6.07) is 19.1. The average Bonchev–Trinajstić information content (AvgIpc) is 3.32. The van der Waals surface area contributed by atoms with Crippen LogP contribution >= 0.6 is 22.9 Å². The van der Waals surface area contributed by atoms with Crippen molar-refractivity contribution in [3.8, 4) is 0 Å². The van der Waals surface area contributed by atoms with Crippen molar-refractivity contribution in [3.05, 3.63) is 99.6 Å². The number of Topliss-reactive ketones (excluding diaryl/α,β-unsaturated/α-hetero) is 1. The lowest BCUT2D eigenvalue weighted by Crippen LogP contribution is -2.29. The summed E-state index contributed by atoms with van der Waals surface area (Å²) in [7, 11) is 0. The number of thiazole rings is 1. The van der Waals surface area contributed by atoms with E-state index in [4.69, 9.17) is 11.6 Å². The number of aliphatic hydroxyl groups excluding tert-OH is 1. The van der Waals surface area contributed by atoms with Crippen LogP contribution in [0.3, 0.4) is 0 Å². The maximum absolute atomic E-state index is 13.3. The van der Waals surface area contributed by atoms with Gasteiger partial charge in [-0.3, -0.25) is 14.5 Å². The number of benzene rings is 3. The first-order valence-electron chi connectivity index (χ1n) is 10.3. The Morgan fingerprint density at radius 1 is 0.970 bits per heavy atom. The largest absolute Gasteiger partial charge is 0.507 e. The number of fused-ring (bicyclic) bond motifs is 1. The molecule has 1 saturated heterocycles. The van der Waals surface area contributed by atoms with E-state index >= 15 is 0 Å². The number of aliphatic hydroxyl groups is 1. The summed E-state index contributed by atoms with van der Waals surface area (Å²) in [4.78, 5) is 32.5. The predicted molar refractivity (Wildman–Crippen MR) is 132 cm³/mol. The summed E-state index contributed by atoms with van der Waals surface area (Å²) in [5, 5.41) is 12.1. The molecule has 164 valence electrons. The molecule has 5 rings (SSSR count). The predicted octanol–water partition coefficient (Wildman–Crippen LogP) is 6.19. The SMILES string of the molecule is Cc1ccc([C@H]2C(=C(O)c3ccc(Cl)cc3)C(=O)C(=O)N2c2nc3ccc(C)cc3s2)cc1. The van der Waals surface area contributed by atoms with Gasteiger partial charge in [-0.25, -0.2) is 4.98 Å². The molecule has 0 spiro atoms. The van der Waals surface area contributed by atoms with Gasteiger partial charge >= 0.3 is 5.91 Å². The Morgan fingerprint density at radius 3 is 2.33 bits per heavy atom. The summed E-state index contributed by atoms with van der Waals surface area (Å²) in [5.41, 5.74) is 4.03. The molecule has 0 aliphatic carbocycles. The number of carbonyl (C=O) groups is 2. The monoisotopic (exact) mass is 474 g/mol. The maximum atomic E-state index is 13.3. The third-order valence-corrected chi connectivity index (χ3v) is 6.96. The molecule has 0 saturated carbocycles. The van der Waals surface area contributed by atoms with E-state index in [-0.39, 0.29) is 11.3 Å². The Kier molecular flexibility index (Phi) is 5.27. The van der Waals surface area contributed by atoms with Crippen LogP contribution < -0.4 is 4.90 Å². The van der Waals surface area contributed by atoms with Gasteiger partial charge in [0.05, 0.1) is 21.8 Å². The van der Waals surface area contributed by atoms with E-state index in [9.17, 15) is 14.7 Å². The first kappa shape index (κ1) is 21.4. The Morgan fingerprint density at radius 2 is 1.64 bits per heavy atom. The van der Waals surface area contributed by atoms with Crippen LogP contribution in [0.2, 0.25) is 5.02 Å². The van der Waals surface area contributed by atoms with E-state index in [1.165, 1.54) is 16.2 Å². The number of amides is 1. The highest BCUT2D eigenvalue weighted by molar-refractivity contribution is 7.22. The van der Waals surface area contributed by atoms with Crippen molar-refractivity contribution in [3.63, 3.8) is 0 Å². The number of anilines is 1. The number of nitrogens with zero attached hydrogens (tertiary/aromatic N) is 2. The standard InChI is InChI=1S/C26H19ClN2O3S/c1-14-3-6-16(7-4-14)22-21(23(30)17-8-10-18(27)11-9-17)24(31)25(32)29(22)26-28-19-12-5-15(2)13-20(19)33-26/h3-13,22,30H,1-2H3/t22-/m0/s1. The lowest BCUT2D eigenvalue weighted by molar-refractivity contribution is -0.132. The van der Waals surface area contributed by atoms with E-state index < -0.39 is 17.7 Å². The fourth-order valence-corrected chi connectivity index (χ4v) is 5.20. The third kappa shape index (κ3) is 3.71. The smallest absolute Gasteiger partial charge is 0.301 e. The van der Waals surface area contributed by atoms with Gasteiger partial charge in [-0.1, -0.05) is 58.8 Å². The van der Waals surface area contributed by atoms with Gasteiger partial charge in [0.2, 0.25) is 0 Å². The highest BCUT2D eigenvalue weighted by atomic mass is 35.5. The van der Waals surface area contributed by atoms with Gasteiger partial charge in [0.1, 0.15) is 5.76 Å². The number of aromatic nitrogens is 1. The second kappa shape index (κ2) is 8.14. The first-order chi connectivity index (χ1) is 15.8. The molecule has 33 heavy (non-hydrogen) atoms. The quantitative estimate of drug-likeness (QED) is 0.218. The van der Waals surface area contributed by atoms with Crippen molar-refractivity contribution in [1.29, 1.82) is 0 Å². The highest BCUT2D eigenvalue weighted by Gasteiger charge is 2.48. The van der Waals surface area contributed by atoms with E-state index in [1.54, 1.807) is 24.3 Å². The summed E-state index contributed by atoms with van der Waals surface area (Å²) >= 11 is 7.33. The molecule has 0 unspecified atom stereocenters. The molecule has 7 heteroatoms. The topological polar surface area (TPSA) is 70.5 Å². The van der Waals surface area contributed by atoms with E-state index in [0.29, 0.717) is 21.3 Å². The first-order valence-corrected chi connectivity index (χ1v) is 11.5. The molecule has 1 aliphatic rings. The van der Waals surface area contributed by atoms with Crippen LogP contribution in [-0.2, 0) is 9.59 Å². The zero-order valence-electron chi connectivity index (χ0n) is 17.9. The Labute approximate surface area is 199 Å². The minimum atomic E-state index is -0.803. The van der Waals surface area contributed by atoms with E-state index in [0.717, 1.165) is 21.3 Å². The molecule has 3 aromatic carbocycles. The van der Waals surface area contributed by atoms with Crippen molar-refractivity contribution in [2.75, 3.05) is 4.90 Å². The van der Waals surface area contributed by atoms with E-state index in [2.05, 4.69) is 4.98 Å². The van der Waals surface area contributed by atoms with Gasteiger partial charge in [0, 0.05) is 10.6 Å². The lowest BCUT2D eigenvalue weighted by Gasteiger charge is -2.23. The summed E-state index contributed by atoms with van der Waals surface area (Å²) in [6.07, 6.45) is 0. The van der Waals surface area contributed by atoms with Crippen LogP contribution in [0.15, 0.2) is 72.3 Å². The number of halogens is 1. The normalized spacial score (nSPS) is 17.8. The molecule has 4 aromatic rings. The molecule has 1 aromatic heterocycles. The highest BCUT2D eigenvalue weighted by Crippen LogP contribution is 2.44. The van der Waals surface area contributed by atoms with Crippen LogP contribution in [0, 0.1) is 13.8 Å². The average molecular weight is 475 g/mol. The van der Waals surface area contributed by atoms with Crippen molar-refractivity contribution >= 4 is 55.7 Å². The Balaban J connectivity index is 1.73. The number of aryl methyl sites for hydroxylation is 2. The molecular formula is C26H19ClN2O3S. The van der Waals surface area contributed by atoms with Gasteiger partial charge < -0.3 is 5.11 Å². The zero-order chi connectivity index (χ0) is 23.3. The van der Waals surface area contributed by atoms with Gasteiger partial charge in [-0.05, 0) is 61.4 Å². The lowest BCUT2D eigenvalue weighted by atomic mass is 9.95. The second-order valence-corrected chi connectivity index (χ2v) is 9.50. The van der Waals surface area contributed by atoms with E-state index in [1.807, 2.05) is 56.3 Å². The molecule has 0 bridgehead atoms. The minimum absolute atomic E-state index is 0.0293. The molecule has 2 heterocycles. The Hall–Kier alpha value is -3.48. The van der Waals surface area contributed by atoms with Crippen LogP contribution in [0.1, 0.15) is 28.3 Å². The molecular weight excluding hydrogens is 456 g/mol. The number of rotatable bonds is 3. The molecule has 1 fully saturated rings. The summed E-state index contributed by atoms with van der Waals surface area (Å²) in [6.45, 7) is 3.95. The van der Waals surface area contributed by atoms with Crippen molar-refractivity contribution < 1.29 is 14.7 Å². The van der Waals surface area contributed by atoms with Gasteiger partial charge in [-0.15, -0.1) is 0 Å². The second-order valence-electron chi connectivity index (χ2n) is 8.05. The zero-order valence-corrected chi connectivity index (χ0v) is 19.4. The van der Waals surface area contributed by atoms with Gasteiger partial charge in [-0.2, -0.15) is 0 Å². The third-order valence-electron chi connectivity index (χ3n) is 5.69. The van der Waals surface area contributed by atoms with Crippen LogP contribution in [0.4, 0.5) is 5.13 Å². The summed E-state index contributed by atoms with van der Waals surface area (Å²) < 4.78 is 0.923. The van der Waals surface area contributed by atoms with Gasteiger partial charge in [0.15, 0.2) is 5.13 Å². The molecule has 1 N–H and O–H groups in total. The van der Waals surface area contributed by atoms with Crippen molar-refractivity contribution in [2.45, 2.75) is 19.9 Å². The molecule has 1 amide bonds. The van der Waals surface area contributed by atoms with Crippen LogP contribution in [-0.4, -0.2) is 21.8 Å². The number of carbonyl (C=O) groups excluding carboxylic acids is 2. The Bertz CT molecular complexity index is 1440. The number of hydrogen-bond donors (Lipinski definition) is 1. The fraction of sp³-hybridized carbons (Fsp3) is 0.115. The molecule has 0 radical (unpaired) electrons. The van der Waals surface area contributed by atoms with Gasteiger partial charge in [0.25, 0.3) is 5.78 Å². The maximum Gasteiger partial charge on any atom is 0.301 e. The molecule has 1 atom stereocenters. The van der Waals surface area contributed by atoms with Crippen molar-refractivity contribution in [2.24, 2.45) is 0 Å². The fourth-order valence-electron chi connectivity index (χ4n) is 3.98. The van der Waals surface area contributed by atoms with Crippen LogP contribution in [0.25, 0.3) is 16.0 Å². The molecule has 5 nitrogen and oxygen atoms in total. The number of hydrogen-bond acceptors (Lipinski definition) is 5. The minimum Gasteiger partial charge on any atom is -0.507 e. The summed E-state index contributed by atoms with van der Waals surface area (Å²) in [5.74, 6) is -1.70.